The molecule has 0 spiro atoms. The number of esters is 2. The van der Waals surface area contributed by atoms with E-state index in [1.165, 1.54) is 13.0 Å². The third kappa shape index (κ3) is 6.03. The number of rotatable bonds is 7. The highest BCUT2D eigenvalue weighted by Crippen LogP contribution is 2.12. The molecule has 0 atom stereocenters. The molecule has 0 fully saturated rings. The Kier molecular flexibility index (Phi) is 7.34. The first kappa shape index (κ1) is 19.1. The fraction of sp³-hybridized carbons (Fsp3) is 0.400. The highest BCUT2D eigenvalue weighted by atomic mass is 16.6. The van der Waals surface area contributed by atoms with Gasteiger partial charge in [0, 0.05) is 19.2 Å². The molecular formula is C15H20N4O5. The van der Waals surface area contributed by atoms with Crippen LogP contribution in [0.1, 0.15) is 26.6 Å². The minimum absolute atomic E-state index is 0.120. The van der Waals surface area contributed by atoms with Gasteiger partial charge in [0.25, 0.3) is 0 Å². The number of hydrogen-bond donors (Lipinski definition) is 2. The summed E-state index contributed by atoms with van der Waals surface area (Å²) in [5.41, 5.74) is -0.295. The van der Waals surface area contributed by atoms with E-state index < -0.39 is 11.9 Å². The zero-order valence-corrected chi connectivity index (χ0v) is 14.0. The summed E-state index contributed by atoms with van der Waals surface area (Å²) in [4.78, 5) is 42.9. The third-order valence-electron chi connectivity index (χ3n) is 2.50. The second-order valence-electron chi connectivity index (χ2n) is 4.51. The molecule has 9 heteroatoms. The van der Waals surface area contributed by atoms with Gasteiger partial charge in [-0.25, -0.2) is 19.6 Å². The second kappa shape index (κ2) is 9.23. The Bertz CT molecular complexity index is 637. The predicted molar refractivity (Wildman–Crippen MR) is 86.0 cm³/mol. The van der Waals surface area contributed by atoms with Crippen molar-refractivity contribution in [1.82, 2.24) is 9.97 Å². The minimum Gasteiger partial charge on any atom is -0.462 e. The van der Waals surface area contributed by atoms with E-state index in [0.717, 1.165) is 6.20 Å². The molecule has 0 aliphatic rings. The van der Waals surface area contributed by atoms with Gasteiger partial charge in [-0.2, -0.15) is 0 Å². The monoisotopic (exact) mass is 336 g/mol. The third-order valence-corrected chi connectivity index (χ3v) is 2.50. The molecule has 0 aliphatic carbocycles. The number of ether oxygens (including phenoxy) is 2. The molecule has 1 rings (SSSR count). The molecule has 1 amide bonds. The lowest BCUT2D eigenvalue weighted by Gasteiger charge is -2.09. The van der Waals surface area contributed by atoms with Gasteiger partial charge in [-0.05, 0) is 20.8 Å². The van der Waals surface area contributed by atoms with Crippen LogP contribution in [-0.4, -0.2) is 41.0 Å². The van der Waals surface area contributed by atoms with Crippen LogP contribution >= 0.6 is 0 Å². The molecule has 0 saturated carbocycles. The molecule has 1 heterocycles. The number of nitrogens with one attached hydrogen (secondary N) is 2. The van der Waals surface area contributed by atoms with E-state index in [9.17, 15) is 14.4 Å². The van der Waals surface area contributed by atoms with Gasteiger partial charge >= 0.3 is 11.9 Å². The molecular weight excluding hydrogens is 316 g/mol. The first-order chi connectivity index (χ1) is 11.4. The second-order valence-corrected chi connectivity index (χ2v) is 4.51. The minimum atomic E-state index is -0.809. The van der Waals surface area contributed by atoms with Gasteiger partial charge in [0.2, 0.25) is 5.91 Å². The topological polar surface area (TPSA) is 120 Å². The lowest BCUT2D eigenvalue weighted by molar-refractivity contribution is -0.146. The Balaban J connectivity index is 3.03. The molecule has 1 aromatic heterocycles. The van der Waals surface area contributed by atoms with Gasteiger partial charge < -0.3 is 20.1 Å². The van der Waals surface area contributed by atoms with E-state index in [0.29, 0.717) is 11.6 Å². The van der Waals surface area contributed by atoms with Gasteiger partial charge in [0.15, 0.2) is 5.57 Å². The van der Waals surface area contributed by atoms with Crippen LogP contribution in [0.4, 0.5) is 11.6 Å². The largest absolute Gasteiger partial charge is 0.462 e. The van der Waals surface area contributed by atoms with Crippen LogP contribution < -0.4 is 10.6 Å². The van der Waals surface area contributed by atoms with Crippen molar-refractivity contribution >= 4 is 29.5 Å². The summed E-state index contributed by atoms with van der Waals surface area (Å²) < 4.78 is 9.64. The van der Waals surface area contributed by atoms with E-state index in [2.05, 4.69) is 20.6 Å². The Labute approximate surface area is 139 Å². The highest BCUT2D eigenvalue weighted by Gasteiger charge is 2.21. The first-order valence-electron chi connectivity index (χ1n) is 7.31. The lowest BCUT2D eigenvalue weighted by Crippen LogP contribution is -2.19. The van der Waals surface area contributed by atoms with Crippen LogP contribution in [0.3, 0.4) is 0 Å². The quantitative estimate of drug-likeness (QED) is 0.329. The van der Waals surface area contributed by atoms with Gasteiger partial charge in [-0.15, -0.1) is 0 Å². The van der Waals surface area contributed by atoms with Crippen molar-refractivity contribution in [1.29, 1.82) is 0 Å². The van der Waals surface area contributed by atoms with Crippen LogP contribution in [0.5, 0.6) is 0 Å². The molecule has 9 nitrogen and oxygen atoms in total. The van der Waals surface area contributed by atoms with Crippen LogP contribution in [-0.2, 0) is 23.9 Å². The van der Waals surface area contributed by atoms with Crippen molar-refractivity contribution in [3.8, 4) is 0 Å². The summed E-state index contributed by atoms with van der Waals surface area (Å²) >= 11 is 0. The molecule has 0 aromatic carbocycles. The van der Waals surface area contributed by atoms with E-state index in [1.54, 1.807) is 20.8 Å². The number of amides is 1. The van der Waals surface area contributed by atoms with Crippen molar-refractivity contribution in [2.24, 2.45) is 0 Å². The molecule has 0 saturated heterocycles. The Hall–Kier alpha value is -2.97. The van der Waals surface area contributed by atoms with E-state index in [1.807, 2.05) is 0 Å². The zero-order valence-electron chi connectivity index (χ0n) is 14.0. The standard InChI is InChI=1S/C15H20N4O5/c1-5-23-14(21)11(15(22)24-6-2)8-16-12-7-13(19-10(4)20)18-9(3)17-12/h7-8H,5-6H2,1-4H3,(H2,16,17,18,19,20). The molecule has 0 aliphatic heterocycles. The average molecular weight is 336 g/mol. The van der Waals surface area contributed by atoms with Crippen LogP contribution in [0.2, 0.25) is 0 Å². The van der Waals surface area contributed by atoms with Crippen molar-refractivity contribution in [2.45, 2.75) is 27.7 Å². The number of carbonyl (C=O) groups is 3. The molecule has 0 bridgehead atoms. The van der Waals surface area contributed by atoms with Crippen molar-refractivity contribution in [2.75, 3.05) is 23.8 Å². The SMILES string of the molecule is CCOC(=O)C(=CNc1cc(NC(C)=O)nc(C)n1)C(=O)OCC. The number of nitrogens with zero attached hydrogens (tertiary/aromatic N) is 2. The number of hydrogen-bond acceptors (Lipinski definition) is 8. The summed E-state index contributed by atoms with van der Waals surface area (Å²) in [7, 11) is 0. The van der Waals surface area contributed by atoms with E-state index in [4.69, 9.17) is 9.47 Å². The maximum Gasteiger partial charge on any atom is 0.347 e. The highest BCUT2D eigenvalue weighted by molar-refractivity contribution is 6.14. The van der Waals surface area contributed by atoms with Gasteiger partial charge in [-0.3, -0.25) is 4.79 Å². The first-order valence-corrected chi connectivity index (χ1v) is 7.31. The van der Waals surface area contributed by atoms with Crippen LogP contribution in [0.25, 0.3) is 0 Å². The van der Waals surface area contributed by atoms with Crippen LogP contribution in [0, 0.1) is 6.92 Å². The molecule has 130 valence electrons. The Morgan fingerprint density at radius 3 is 2.12 bits per heavy atom. The van der Waals surface area contributed by atoms with Crippen molar-refractivity contribution < 1.29 is 23.9 Å². The zero-order chi connectivity index (χ0) is 18.1. The lowest BCUT2D eigenvalue weighted by atomic mass is 10.3. The van der Waals surface area contributed by atoms with Crippen LogP contribution in [0.15, 0.2) is 17.8 Å². The number of aryl methyl sites for hydroxylation is 1. The summed E-state index contributed by atoms with van der Waals surface area (Å²) in [5, 5.41) is 5.24. The van der Waals surface area contributed by atoms with Gasteiger partial charge in [-0.1, -0.05) is 0 Å². The smallest absolute Gasteiger partial charge is 0.347 e. The average Bonchev–Trinajstić information content (AvgIpc) is 2.46. The predicted octanol–water partition coefficient (Wildman–Crippen LogP) is 1.17. The van der Waals surface area contributed by atoms with Gasteiger partial charge in [0.05, 0.1) is 13.2 Å². The van der Waals surface area contributed by atoms with Crippen molar-refractivity contribution in [3.05, 3.63) is 23.7 Å². The molecule has 0 radical (unpaired) electrons. The normalized spacial score (nSPS) is 9.67. The molecule has 0 unspecified atom stereocenters. The maximum absolute atomic E-state index is 11.8. The Morgan fingerprint density at radius 1 is 1.08 bits per heavy atom. The molecule has 1 aromatic rings. The molecule has 24 heavy (non-hydrogen) atoms. The van der Waals surface area contributed by atoms with E-state index in [-0.39, 0.29) is 30.5 Å². The number of anilines is 2. The summed E-state index contributed by atoms with van der Waals surface area (Å²) in [6.45, 7) is 6.48. The number of aromatic nitrogens is 2. The van der Waals surface area contributed by atoms with Crippen molar-refractivity contribution in [3.63, 3.8) is 0 Å². The summed E-state index contributed by atoms with van der Waals surface area (Å²) in [6.07, 6.45) is 1.15. The maximum atomic E-state index is 11.8. The number of carbonyl (C=O) groups excluding carboxylic acids is 3. The van der Waals surface area contributed by atoms with E-state index >= 15 is 0 Å². The fourth-order valence-electron chi connectivity index (χ4n) is 1.65. The fourth-order valence-corrected chi connectivity index (χ4v) is 1.65. The summed E-state index contributed by atoms with van der Waals surface area (Å²) in [5.74, 6) is -0.927. The Morgan fingerprint density at radius 2 is 1.62 bits per heavy atom. The molecule has 2 N–H and O–H groups in total. The summed E-state index contributed by atoms with van der Waals surface area (Å²) in [6, 6.07) is 1.46. The van der Waals surface area contributed by atoms with Gasteiger partial charge in [0.1, 0.15) is 17.5 Å².